The monoisotopic (exact) mass is 230 g/mol. The van der Waals surface area contributed by atoms with Crippen molar-refractivity contribution in [3.8, 4) is 5.75 Å². The van der Waals surface area contributed by atoms with E-state index in [4.69, 9.17) is 4.74 Å². The van der Waals surface area contributed by atoms with Crippen molar-refractivity contribution < 1.29 is 17.0 Å². The molecule has 0 aliphatic carbocycles. The average molecular weight is 230 g/mol. The second-order valence-corrected chi connectivity index (χ2v) is 5.62. The minimum atomic E-state index is -4.63. The maximum Gasteiger partial charge on any atom is 0.332 e. The second kappa shape index (κ2) is 2.95. The lowest BCUT2D eigenvalue weighted by molar-refractivity contribution is 0.291. The maximum atomic E-state index is 12.8. The van der Waals surface area contributed by atoms with Gasteiger partial charge in [0.25, 0.3) is 0 Å². The predicted molar refractivity (Wildman–Crippen MR) is 53.3 cm³/mol. The van der Waals surface area contributed by atoms with Gasteiger partial charge in [0.2, 0.25) is 0 Å². The average Bonchev–Trinajstić information content (AvgIpc) is 2.41. The first-order valence-corrected chi connectivity index (χ1v) is 5.91. The molecule has 5 heteroatoms. The summed E-state index contributed by atoms with van der Waals surface area (Å²) in [6, 6.07) is 4.06. The van der Waals surface area contributed by atoms with Gasteiger partial charge in [0.1, 0.15) is 5.75 Å². The van der Waals surface area contributed by atoms with E-state index < -0.39 is 10.2 Å². The van der Waals surface area contributed by atoms with Crippen LogP contribution in [-0.4, -0.2) is 15.0 Å². The van der Waals surface area contributed by atoms with Gasteiger partial charge >= 0.3 is 10.2 Å². The van der Waals surface area contributed by atoms with E-state index >= 15 is 0 Å². The zero-order valence-electron chi connectivity index (χ0n) is 8.45. The third-order valence-electron chi connectivity index (χ3n) is 2.55. The highest BCUT2D eigenvalue weighted by Crippen LogP contribution is 2.39. The molecule has 1 heterocycles. The fourth-order valence-electron chi connectivity index (χ4n) is 1.65. The molecule has 1 aliphatic rings. The first kappa shape index (κ1) is 10.4. The van der Waals surface area contributed by atoms with Crippen LogP contribution < -0.4 is 4.74 Å². The zero-order chi connectivity index (χ0) is 11.3. The number of hydrogen-bond donors (Lipinski definition) is 0. The Morgan fingerprint density at radius 2 is 2.07 bits per heavy atom. The van der Waals surface area contributed by atoms with Crippen molar-refractivity contribution in [2.24, 2.45) is 0 Å². The van der Waals surface area contributed by atoms with E-state index in [0.29, 0.717) is 12.4 Å². The Labute approximate surface area is 88.1 Å². The van der Waals surface area contributed by atoms with Crippen LogP contribution in [0.1, 0.15) is 19.4 Å². The van der Waals surface area contributed by atoms with Crippen LogP contribution in [0.25, 0.3) is 0 Å². The van der Waals surface area contributed by atoms with Crippen molar-refractivity contribution >= 4 is 10.2 Å². The van der Waals surface area contributed by atoms with Gasteiger partial charge < -0.3 is 4.74 Å². The van der Waals surface area contributed by atoms with Crippen LogP contribution in [0.2, 0.25) is 0 Å². The lowest BCUT2D eigenvalue weighted by Crippen LogP contribution is -2.18. The molecular formula is C10H11FO3S. The molecule has 0 saturated carbocycles. The molecule has 2 rings (SSSR count). The number of hydrogen-bond acceptors (Lipinski definition) is 3. The van der Waals surface area contributed by atoms with Crippen LogP contribution in [0.15, 0.2) is 23.1 Å². The molecule has 0 aromatic heterocycles. The van der Waals surface area contributed by atoms with Gasteiger partial charge in [0, 0.05) is 11.0 Å². The van der Waals surface area contributed by atoms with Crippen LogP contribution >= 0.6 is 0 Å². The molecule has 0 spiro atoms. The van der Waals surface area contributed by atoms with Crippen molar-refractivity contribution in [2.45, 2.75) is 24.2 Å². The Morgan fingerprint density at radius 3 is 2.67 bits per heavy atom. The molecule has 1 aliphatic heterocycles. The summed E-state index contributed by atoms with van der Waals surface area (Å²) in [5, 5.41) is 0. The molecule has 0 saturated heterocycles. The summed E-state index contributed by atoms with van der Waals surface area (Å²) < 4.78 is 39.6. The Balaban J connectivity index is 2.61. The van der Waals surface area contributed by atoms with E-state index in [2.05, 4.69) is 0 Å². The molecule has 1 aromatic rings. The lowest BCUT2D eigenvalue weighted by Gasteiger charge is -2.15. The van der Waals surface area contributed by atoms with Gasteiger partial charge in [-0.15, -0.1) is 3.89 Å². The molecule has 0 amide bonds. The standard InChI is InChI=1S/C10H11FO3S/c1-10(2)6-14-9-4-3-7(5-8(9)10)15(11,12)13/h3-5H,6H2,1-2H3. The van der Waals surface area contributed by atoms with Crippen molar-refractivity contribution in [1.82, 2.24) is 0 Å². The number of halogens is 1. The number of fused-ring (bicyclic) bond motifs is 1. The minimum Gasteiger partial charge on any atom is -0.492 e. The number of benzene rings is 1. The minimum absolute atomic E-state index is 0.268. The Morgan fingerprint density at radius 1 is 1.40 bits per heavy atom. The van der Waals surface area contributed by atoms with E-state index in [0.717, 1.165) is 5.56 Å². The topological polar surface area (TPSA) is 43.4 Å². The molecule has 82 valence electrons. The molecule has 0 atom stereocenters. The summed E-state index contributed by atoms with van der Waals surface area (Å²) in [4.78, 5) is -0.306. The molecule has 0 fully saturated rings. The van der Waals surface area contributed by atoms with Crippen molar-refractivity contribution in [2.75, 3.05) is 6.61 Å². The van der Waals surface area contributed by atoms with Gasteiger partial charge in [-0.3, -0.25) is 0 Å². The molecule has 0 unspecified atom stereocenters. The summed E-state index contributed by atoms with van der Waals surface area (Å²) in [5.74, 6) is 0.632. The Kier molecular flexibility index (Phi) is 2.05. The van der Waals surface area contributed by atoms with Gasteiger partial charge in [-0.25, -0.2) is 0 Å². The first-order valence-electron chi connectivity index (χ1n) is 4.53. The van der Waals surface area contributed by atoms with E-state index in [-0.39, 0.29) is 10.3 Å². The highest BCUT2D eigenvalue weighted by molar-refractivity contribution is 7.86. The Bertz CT molecular complexity index is 505. The van der Waals surface area contributed by atoms with E-state index in [1.54, 1.807) is 0 Å². The van der Waals surface area contributed by atoms with Gasteiger partial charge in [0.15, 0.2) is 0 Å². The van der Waals surface area contributed by atoms with Gasteiger partial charge in [-0.05, 0) is 18.2 Å². The van der Waals surface area contributed by atoms with Crippen LogP contribution in [-0.2, 0) is 15.6 Å². The van der Waals surface area contributed by atoms with Crippen LogP contribution in [0.5, 0.6) is 5.75 Å². The highest BCUT2D eigenvalue weighted by Gasteiger charge is 2.32. The van der Waals surface area contributed by atoms with Gasteiger partial charge in [-0.2, -0.15) is 8.42 Å². The molecule has 15 heavy (non-hydrogen) atoms. The molecule has 0 bridgehead atoms. The summed E-state index contributed by atoms with van der Waals surface area (Å²) in [7, 11) is -4.63. The normalized spacial score (nSPS) is 18.3. The molecule has 3 nitrogen and oxygen atoms in total. The summed E-state index contributed by atoms with van der Waals surface area (Å²) >= 11 is 0. The van der Waals surface area contributed by atoms with E-state index in [1.165, 1.54) is 18.2 Å². The lowest BCUT2D eigenvalue weighted by atomic mass is 9.87. The fraction of sp³-hybridized carbons (Fsp3) is 0.400. The van der Waals surface area contributed by atoms with Crippen LogP contribution in [0.3, 0.4) is 0 Å². The first-order chi connectivity index (χ1) is 6.81. The van der Waals surface area contributed by atoms with E-state index in [1.807, 2.05) is 13.8 Å². The maximum absolute atomic E-state index is 12.8. The third kappa shape index (κ3) is 1.71. The number of ether oxygens (including phenoxy) is 1. The largest absolute Gasteiger partial charge is 0.492 e. The quantitative estimate of drug-likeness (QED) is 0.693. The van der Waals surface area contributed by atoms with Crippen molar-refractivity contribution in [3.63, 3.8) is 0 Å². The summed E-state index contributed by atoms with van der Waals surface area (Å²) in [5.41, 5.74) is 0.469. The van der Waals surface area contributed by atoms with Crippen LogP contribution in [0.4, 0.5) is 3.89 Å². The van der Waals surface area contributed by atoms with Gasteiger partial charge in [-0.1, -0.05) is 13.8 Å². The molecule has 0 radical (unpaired) electrons. The molecule has 1 aromatic carbocycles. The second-order valence-electron chi connectivity index (χ2n) is 4.27. The smallest absolute Gasteiger partial charge is 0.332 e. The van der Waals surface area contributed by atoms with Gasteiger partial charge in [0.05, 0.1) is 11.5 Å². The van der Waals surface area contributed by atoms with Crippen LogP contribution in [0, 0.1) is 0 Å². The van der Waals surface area contributed by atoms with Crippen molar-refractivity contribution in [3.05, 3.63) is 23.8 Å². The highest BCUT2D eigenvalue weighted by atomic mass is 32.3. The third-order valence-corrected chi connectivity index (χ3v) is 3.37. The van der Waals surface area contributed by atoms with E-state index in [9.17, 15) is 12.3 Å². The zero-order valence-corrected chi connectivity index (χ0v) is 9.27. The molecular weight excluding hydrogens is 219 g/mol. The number of rotatable bonds is 1. The molecule has 0 N–H and O–H groups in total. The Hall–Kier alpha value is -1.10. The summed E-state index contributed by atoms with van der Waals surface area (Å²) in [6.45, 7) is 4.33. The van der Waals surface area contributed by atoms with Crippen molar-refractivity contribution in [1.29, 1.82) is 0 Å². The fourth-order valence-corrected chi connectivity index (χ4v) is 2.14. The SMILES string of the molecule is CC1(C)COc2ccc(S(=O)(=O)F)cc21. The summed E-state index contributed by atoms with van der Waals surface area (Å²) in [6.07, 6.45) is 0. The predicted octanol–water partition coefficient (Wildman–Crippen LogP) is 2.01.